The van der Waals surface area contributed by atoms with Gasteiger partial charge in [0.2, 0.25) is 0 Å². The highest BCUT2D eigenvalue weighted by Gasteiger charge is 2.17. The van der Waals surface area contributed by atoms with Crippen molar-refractivity contribution in [2.24, 2.45) is 0 Å². The van der Waals surface area contributed by atoms with Crippen LogP contribution in [0, 0.1) is 6.92 Å². The summed E-state index contributed by atoms with van der Waals surface area (Å²) in [5, 5.41) is 2.11. The Hall–Kier alpha value is -2.96. The van der Waals surface area contributed by atoms with Gasteiger partial charge in [-0.2, -0.15) is 0 Å². The van der Waals surface area contributed by atoms with Gasteiger partial charge in [0.1, 0.15) is 12.0 Å². The quantitative estimate of drug-likeness (QED) is 0.230. The number of nitrogens with zero attached hydrogens (tertiary/aromatic N) is 1. The van der Waals surface area contributed by atoms with E-state index >= 15 is 0 Å². The Bertz CT molecular complexity index is 1250. The summed E-state index contributed by atoms with van der Waals surface area (Å²) in [5.41, 5.74) is 4.92. The number of hydrogen-bond donors (Lipinski definition) is 1. The van der Waals surface area contributed by atoms with Crippen LogP contribution in [0.15, 0.2) is 93.2 Å². The molecule has 0 aliphatic carbocycles. The van der Waals surface area contributed by atoms with Crippen LogP contribution < -0.4 is 4.72 Å². The smallest absolute Gasteiger partial charge is 0.195 e. The second-order valence-electron chi connectivity index (χ2n) is 6.91. The van der Waals surface area contributed by atoms with E-state index in [1.54, 1.807) is 6.26 Å². The Balaban J connectivity index is 1.65. The SMILES string of the molecule is C/C=S(/Nc1ccc(Br)cc1C(=O)c1ccccc1C)c1ccc(-c2cocn2)cc1. The average molecular weight is 493 g/mol. The van der Waals surface area contributed by atoms with Crippen LogP contribution in [0.4, 0.5) is 5.69 Å². The Morgan fingerprint density at radius 3 is 2.52 bits per heavy atom. The lowest BCUT2D eigenvalue weighted by atomic mass is 9.98. The maximum Gasteiger partial charge on any atom is 0.195 e. The molecule has 1 atom stereocenters. The third-order valence-corrected chi connectivity index (χ3v) is 7.09. The van der Waals surface area contributed by atoms with Crippen LogP contribution >= 0.6 is 26.6 Å². The normalized spacial score (nSPS) is 12.0. The van der Waals surface area contributed by atoms with E-state index in [1.807, 2.05) is 68.4 Å². The van der Waals surface area contributed by atoms with Crippen LogP contribution in [0.3, 0.4) is 0 Å². The molecule has 156 valence electrons. The van der Waals surface area contributed by atoms with Crippen molar-refractivity contribution in [2.45, 2.75) is 18.7 Å². The first-order valence-electron chi connectivity index (χ1n) is 9.74. The molecular weight excluding hydrogens is 472 g/mol. The largest absolute Gasteiger partial charge is 0.451 e. The first-order chi connectivity index (χ1) is 15.1. The minimum absolute atomic E-state index is 0.00272. The Morgan fingerprint density at radius 1 is 1.06 bits per heavy atom. The number of hydrogen-bond acceptors (Lipinski definition) is 4. The van der Waals surface area contributed by atoms with E-state index in [4.69, 9.17) is 4.42 Å². The van der Waals surface area contributed by atoms with Gasteiger partial charge < -0.3 is 9.14 Å². The predicted octanol–water partition coefficient (Wildman–Crippen LogP) is 7.12. The zero-order valence-corrected chi connectivity index (χ0v) is 19.5. The molecule has 4 rings (SSSR count). The molecule has 0 fully saturated rings. The fourth-order valence-electron chi connectivity index (χ4n) is 3.27. The lowest BCUT2D eigenvalue weighted by Gasteiger charge is -2.17. The number of oxazole rings is 1. The van der Waals surface area contributed by atoms with Crippen molar-refractivity contribution < 1.29 is 9.21 Å². The molecule has 1 heterocycles. The summed E-state index contributed by atoms with van der Waals surface area (Å²) in [6.45, 7) is 3.97. The number of aromatic nitrogens is 1. The highest BCUT2D eigenvalue weighted by molar-refractivity contribution is 9.10. The number of aryl methyl sites for hydroxylation is 1. The van der Waals surface area contributed by atoms with Crippen molar-refractivity contribution in [1.29, 1.82) is 0 Å². The zero-order chi connectivity index (χ0) is 21.8. The molecule has 0 radical (unpaired) electrons. The van der Waals surface area contributed by atoms with Crippen LogP contribution in [0.5, 0.6) is 0 Å². The molecule has 1 aromatic heterocycles. The first kappa shape index (κ1) is 21.3. The zero-order valence-electron chi connectivity index (χ0n) is 17.1. The molecule has 0 amide bonds. The van der Waals surface area contributed by atoms with Gasteiger partial charge in [0.15, 0.2) is 12.2 Å². The molecule has 0 aliphatic rings. The van der Waals surface area contributed by atoms with Crippen molar-refractivity contribution in [3.05, 3.63) is 101 Å². The third kappa shape index (κ3) is 4.70. The maximum atomic E-state index is 13.3. The van der Waals surface area contributed by atoms with Gasteiger partial charge in [0, 0.05) is 26.1 Å². The lowest BCUT2D eigenvalue weighted by Crippen LogP contribution is -2.07. The van der Waals surface area contributed by atoms with E-state index in [0.717, 1.165) is 31.9 Å². The minimum atomic E-state index is -0.382. The van der Waals surface area contributed by atoms with E-state index in [2.05, 4.69) is 43.1 Å². The maximum absolute atomic E-state index is 13.3. The van der Waals surface area contributed by atoms with Gasteiger partial charge in [-0.15, -0.1) is 0 Å². The van der Waals surface area contributed by atoms with Gasteiger partial charge in [-0.3, -0.25) is 4.79 Å². The average Bonchev–Trinajstić information content (AvgIpc) is 3.33. The Labute approximate surface area is 192 Å². The van der Waals surface area contributed by atoms with E-state index < -0.39 is 0 Å². The van der Waals surface area contributed by atoms with Crippen molar-refractivity contribution in [3.63, 3.8) is 0 Å². The molecule has 4 nitrogen and oxygen atoms in total. The number of nitrogens with one attached hydrogen (secondary N) is 1. The van der Waals surface area contributed by atoms with E-state index in [0.29, 0.717) is 11.1 Å². The molecule has 0 bridgehead atoms. The third-order valence-electron chi connectivity index (χ3n) is 4.91. The van der Waals surface area contributed by atoms with Gasteiger partial charge in [-0.25, -0.2) is 4.98 Å². The van der Waals surface area contributed by atoms with Crippen LogP contribution in [0.2, 0.25) is 0 Å². The van der Waals surface area contributed by atoms with Crippen molar-refractivity contribution >= 4 is 43.4 Å². The van der Waals surface area contributed by atoms with Crippen LogP contribution in [-0.2, 0) is 0 Å². The standard InChI is InChI=1S/C25H21BrN2O2S/c1-3-31(20-11-8-18(9-12-20)24-15-30-16-27-24)28-23-13-10-19(26)14-22(23)25(29)21-7-5-4-6-17(21)2/h3-16,28H,1-2H3. The summed E-state index contributed by atoms with van der Waals surface area (Å²) in [6, 6.07) is 21.6. The van der Waals surface area contributed by atoms with Gasteiger partial charge in [-0.05, 0) is 55.1 Å². The van der Waals surface area contributed by atoms with E-state index in [9.17, 15) is 4.79 Å². The second-order valence-corrected chi connectivity index (χ2v) is 9.65. The van der Waals surface area contributed by atoms with Gasteiger partial charge in [0.25, 0.3) is 0 Å². The fourth-order valence-corrected chi connectivity index (χ4v) is 4.98. The lowest BCUT2D eigenvalue weighted by molar-refractivity contribution is 0.103. The summed E-state index contributed by atoms with van der Waals surface area (Å²) in [5.74, 6) is 0.00272. The molecular formula is C25H21BrN2O2S. The summed E-state index contributed by atoms with van der Waals surface area (Å²) in [4.78, 5) is 18.7. The monoisotopic (exact) mass is 492 g/mol. The predicted molar refractivity (Wildman–Crippen MR) is 132 cm³/mol. The number of halogens is 1. The molecule has 1 N–H and O–H groups in total. The molecule has 0 saturated heterocycles. The highest BCUT2D eigenvalue weighted by Crippen LogP contribution is 2.33. The van der Waals surface area contributed by atoms with E-state index in [-0.39, 0.29) is 16.5 Å². The Morgan fingerprint density at radius 2 is 1.84 bits per heavy atom. The summed E-state index contributed by atoms with van der Waals surface area (Å²) in [6.07, 6.45) is 3.06. The van der Waals surface area contributed by atoms with Crippen molar-refractivity contribution in [1.82, 2.24) is 4.98 Å². The molecule has 3 aromatic carbocycles. The topological polar surface area (TPSA) is 55.1 Å². The van der Waals surface area contributed by atoms with Gasteiger partial charge in [-0.1, -0.05) is 63.0 Å². The number of carbonyl (C=O) groups excluding carboxylic acids is 1. The fraction of sp³-hybridized carbons (Fsp3) is 0.0800. The van der Waals surface area contributed by atoms with Crippen molar-refractivity contribution in [3.8, 4) is 11.3 Å². The first-order valence-corrected chi connectivity index (χ1v) is 11.8. The van der Waals surface area contributed by atoms with Crippen LogP contribution in [0.25, 0.3) is 11.3 Å². The molecule has 4 aromatic rings. The molecule has 0 saturated carbocycles. The second kappa shape index (κ2) is 9.45. The number of anilines is 1. The number of rotatable bonds is 6. The summed E-state index contributed by atoms with van der Waals surface area (Å²) < 4.78 is 9.50. The van der Waals surface area contributed by atoms with Crippen LogP contribution in [0.1, 0.15) is 28.4 Å². The van der Waals surface area contributed by atoms with Crippen LogP contribution in [-0.4, -0.2) is 16.1 Å². The molecule has 0 aliphatic heterocycles. The minimum Gasteiger partial charge on any atom is -0.451 e. The van der Waals surface area contributed by atoms with Gasteiger partial charge in [0.05, 0.1) is 5.69 Å². The molecule has 0 spiro atoms. The van der Waals surface area contributed by atoms with E-state index in [1.165, 1.54) is 6.39 Å². The molecule has 6 heteroatoms. The Kier molecular flexibility index (Phi) is 6.49. The van der Waals surface area contributed by atoms with Crippen molar-refractivity contribution in [2.75, 3.05) is 4.72 Å². The molecule has 1 unspecified atom stereocenters. The summed E-state index contributed by atoms with van der Waals surface area (Å²) in [7, 11) is -0.382. The number of benzene rings is 3. The number of carbonyl (C=O) groups is 1. The van der Waals surface area contributed by atoms with Gasteiger partial charge >= 0.3 is 0 Å². The summed E-state index contributed by atoms with van der Waals surface area (Å²) >= 11 is 3.51. The highest BCUT2D eigenvalue weighted by atomic mass is 79.9. The number of ketones is 1. The molecule has 31 heavy (non-hydrogen) atoms.